The van der Waals surface area contributed by atoms with Gasteiger partial charge in [-0.15, -0.1) is 0 Å². The zero-order valence-corrected chi connectivity index (χ0v) is 16.3. The molecule has 3 aromatic carbocycles. The third-order valence-corrected chi connectivity index (χ3v) is 4.69. The highest BCUT2D eigenvalue weighted by molar-refractivity contribution is 6.07. The molecule has 0 fully saturated rings. The van der Waals surface area contributed by atoms with Gasteiger partial charge in [0.05, 0.1) is 11.3 Å². The number of carbonyl (C=O) groups is 3. The van der Waals surface area contributed by atoms with Crippen LogP contribution in [0.15, 0.2) is 66.7 Å². The number of ether oxygens (including phenoxy) is 1. The summed E-state index contributed by atoms with van der Waals surface area (Å²) >= 11 is 0. The van der Waals surface area contributed by atoms with Crippen LogP contribution < -0.4 is 20.7 Å². The van der Waals surface area contributed by atoms with Gasteiger partial charge in [0.1, 0.15) is 11.6 Å². The lowest BCUT2D eigenvalue weighted by molar-refractivity contribution is -0.118. The number of carbonyl (C=O) groups excluding carboxylic acids is 3. The maximum Gasteiger partial charge on any atom is 0.262 e. The van der Waals surface area contributed by atoms with E-state index < -0.39 is 24.2 Å². The van der Waals surface area contributed by atoms with Gasteiger partial charge < -0.3 is 20.7 Å². The Kier molecular flexibility index (Phi) is 5.61. The zero-order chi connectivity index (χ0) is 21.8. The van der Waals surface area contributed by atoms with Gasteiger partial charge in [0.15, 0.2) is 6.61 Å². The van der Waals surface area contributed by atoms with E-state index in [1.54, 1.807) is 48.5 Å². The van der Waals surface area contributed by atoms with Crippen molar-refractivity contribution in [1.29, 1.82) is 0 Å². The van der Waals surface area contributed by atoms with E-state index in [0.717, 1.165) is 5.56 Å². The molecule has 3 N–H and O–H groups in total. The molecule has 0 unspecified atom stereocenters. The van der Waals surface area contributed by atoms with E-state index in [0.29, 0.717) is 17.8 Å². The second kappa shape index (κ2) is 8.66. The Morgan fingerprint density at radius 1 is 1.00 bits per heavy atom. The minimum atomic E-state index is -0.565. The van der Waals surface area contributed by atoms with Crippen molar-refractivity contribution < 1.29 is 23.5 Å². The molecule has 3 amide bonds. The van der Waals surface area contributed by atoms with E-state index in [1.807, 2.05) is 0 Å². The molecule has 31 heavy (non-hydrogen) atoms. The largest absolute Gasteiger partial charge is 0.483 e. The minimum Gasteiger partial charge on any atom is -0.483 e. The summed E-state index contributed by atoms with van der Waals surface area (Å²) in [6.45, 7) is 0.0612. The van der Waals surface area contributed by atoms with Crippen molar-refractivity contribution in [3.63, 3.8) is 0 Å². The predicted octanol–water partition coefficient (Wildman–Crippen LogP) is 3.34. The van der Waals surface area contributed by atoms with Crippen LogP contribution >= 0.6 is 0 Å². The molecule has 0 spiro atoms. The molecule has 7 nitrogen and oxygen atoms in total. The maximum absolute atomic E-state index is 13.7. The molecule has 0 saturated carbocycles. The highest BCUT2D eigenvalue weighted by atomic mass is 19.1. The van der Waals surface area contributed by atoms with Crippen LogP contribution in [-0.2, 0) is 11.3 Å². The molecule has 0 bridgehead atoms. The fourth-order valence-corrected chi connectivity index (χ4v) is 3.16. The number of anilines is 2. The number of hydrogen-bond acceptors (Lipinski definition) is 4. The number of benzene rings is 3. The molecule has 0 aromatic heterocycles. The van der Waals surface area contributed by atoms with Gasteiger partial charge in [0.2, 0.25) is 0 Å². The van der Waals surface area contributed by atoms with Gasteiger partial charge in [0.25, 0.3) is 17.7 Å². The number of nitrogens with one attached hydrogen (secondary N) is 3. The molecule has 156 valence electrons. The molecule has 1 heterocycles. The predicted molar refractivity (Wildman–Crippen MR) is 113 cm³/mol. The first kappa shape index (κ1) is 20.1. The van der Waals surface area contributed by atoms with Crippen LogP contribution in [0.4, 0.5) is 15.8 Å². The number of rotatable bonds is 6. The lowest BCUT2D eigenvalue weighted by Gasteiger charge is -2.12. The first-order valence-corrected chi connectivity index (χ1v) is 9.50. The van der Waals surface area contributed by atoms with Gasteiger partial charge >= 0.3 is 0 Å². The Hall–Kier alpha value is -4.20. The molecule has 4 rings (SSSR count). The Balaban J connectivity index is 1.43. The Bertz CT molecular complexity index is 1180. The van der Waals surface area contributed by atoms with Gasteiger partial charge in [-0.2, -0.15) is 0 Å². The molecular weight excluding hydrogens is 401 g/mol. The van der Waals surface area contributed by atoms with Crippen molar-refractivity contribution in [1.82, 2.24) is 5.32 Å². The van der Waals surface area contributed by atoms with Crippen molar-refractivity contribution in [2.45, 2.75) is 6.54 Å². The first-order chi connectivity index (χ1) is 15.0. The Morgan fingerprint density at radius 2 is 1.77 bits per heavy atom. The molecule has 1 aliphatic rings. The zero-order valence-electron chi connectivity index (χ0n) is 16.3. The van der Waals surface area contributed by atoms with E-state index in [2.05, 4.69) is 16.0 Å². The van der Waals surface area contributed by atoms with Gasteiger partial charge in [0, 0.05) is 17.8 Å². The number of para-hydroxylation sites is 2. The highest BCUT2D eigenvalue weighted by Crippen LogP contribution is 2.23. The SMILES string of the molecule is O=C(COc1ccccc1C(=O)Nc1ccc2c(c1)C(=O)NC2)Nc1ccccc1F. The molecular formula is C23H18FN3O4. The summed E-state index contributed by atoms with van der Waals surface area (Å²) in [4.78, 5) is 36.7. The van der Waals surface area contributed by atoms with Crippen LogP contribution in [0.5, 0.6) is 5.75 Å². The van der Waals surface area contributed by atoms with Gasteiger partial charge in [-0.25, -0.2) is 4.39 Å². The maximum atomic E-state index is 13.7. The summed E-state index contributed by atoms with van der Waals surface area (Å²) in [6.07, 6.45) is 0. The van der Waals surface area contributed by atoms with Crippen molar-refractivity contribution >= 4 is 29.1 Å². The lowest BCUT2D eigenvalue weighted by Crippen LogP contribution is -2.22. The van der Waals surface area contributed by atoms with Crippen molar-refractivity contribution in [3.05, 3.63) is 89.2 Å². The summed E-state index contributed by atoms with van der Waals surface area (Å²) in [6, 6.07) is 17.3. The molecule has 0 aliphatic carbocycles. The third kappa shape index (κ3) is 4.53. The Labute approximate surface area is 177 Å². The van der Waals surface area contributed by atoms with E-state index in [9.17, 15) is 18.8 Å². The van der Waals surface area contributed by atoms with E-state index in [1.165, 1.54) is 18.2 Å². The van der Waals surface area contributed by atoms with E-state index in [-0.39, 0.29) is 22.9 Å². The molecule has 8 heteroatoms. The normalized spacial score (nSPS) is 12.0. The van der Waals surface area contributed by atoms with E-state index >= 15 is 0 Å². The summed E-state index contributed by atoms with van der Waals surface area (Å²) in [5, 5.41) is 7.88. The summed E-state index contributed by atoms with van der Waals surface area (Å²) in [5.41, 5.74) is 2.11. The van der Waals surface area contributed by atoms with E-state index in [4.69, 9.17) is 4.74 Å². The Morgan fingerprint density at radius 3 is 2.61 bits per heavy atom. The van der Waals surface area contributed by atoms with Gasteiger partial charge in [-0.05, 0) is 42.0 Å². The second-order valence-electron chi connectivity index (χ2n) is 6.82. The minimum absolute atomic E-state index is 0.0442. The van der Waals surface area contributed by atoms with Crippen LogP contribution in [0.3, 0.4) is 0 Å². The van der Waals surface area contributed by atoms with Crippen LogP contribution in [0, 0.1) is 5.82 Å². The van der Waals surface area contributed by atoms with Crippen molar-refractivity contribution in [2.24, 2.45) is 0 Å². The number of hydrogen-bond donors (Lipinski definition) is 3. The quantitative estimate of drug-likeness (QED) is 0.571. The average molecular weight is 419 g/mol. The average Bonchev–Trinajstić information content (AvgIpc) is 3.14. The monoisotopic (exact) mass is 419 g/mol. The summed E-state index contributed by atoms with van der Waals surface area (Å²) < 4.78 is 19.2. The van der Waals surface area contributed by atoms with Gasteiger partial charge in [-0.1, -0.05) is 30.3 Å². The number of fused-ring (bicyclic) bond motifs is 1. The molecule has 0 atom stereocenters. The summed E-state index contributed by atoms with van der Waals surface area (Å²) in [5.74, 6) is -1.56. The van der Waals surface area contributed by atoms with Crippen LogP contribution in [0.25, 0.3) is 0 Å². The van der Waals surface area contributed by atoms with Crippen LogP contribution in [0.1, 0.15) is 26.3 Å². The fraction of sp³-hybridized carbons (Fsp3) is 0.0870. The standard InChI is InChI=1S/C23H18FN3O4/c24-18-6-2-3-7-19(18)27-21(28)13-31-20-8-4-1-5-16(20)23(30)26-15-10-9-14-12-25-22(29)17(14)11-15/h1-11H,12-13H2,(H,25,29)(H,26,30)(H,27,28). The molecule has 3 aromatic rings. The number of halogens is 1. The van der Waals surface area contributed by atoms with Crippen molar-refractivity contribution in [3.8, 4) is 5.75 Å². The second-order valence-corrected chi connectivity index (χ2v) is 6.82. The molecule has 1 aliphatic heterocycles. The third-order valence-electron chi connectivity index (χ3n) is 4.69. The molecule has 0 saturated heterocycles. The lowest BCUT2D eigenvalue weighted by atomic mass is 10.1. The highest BCUT2D eigenvalue weighted by Gasteiger charge is 2.20. The molecule has 0 radical (unpaired) electrons. The topological polar surface area (TPSA) is 96.5 Å². The first-order valence-electron chi connectivity index (χ1n) is 9.50. The number of amides is 3. The van der Waals surface area contributed by atoms with Crippen molar-refractivity contribution in [2.75, 3.05) is 17.2 Å². The van der Waals surface area contributed by atoms with Crippen LogP contribution in [0.2, 0.25) is 0 Å². The fourth-order valence-electron chi connectivity index (χ4n) is 3.16. The summed E-state index contributed by atoms with van der Waals surface area (Å²) in [7, 11) is 0. The van der Waals surface area contributed by atoms with Crippen LogP contribution in [-0.4, -0.2) is 24.3 Å². The smallest absolute Gasteiger partial charge is 0.262 e. The van der Waals surface area contributed by atoms with Gasteiger partial charge in [-0.3, -0.25) is 14.4 Å².